The zero-order valence-corrected chi connectivity index (χ0v) is 13.6. The van der Waals surface area contributed by atoms with Gasteiger partial charge in [0.2, 0.25) is 0 Å². The minimum atomic E-state index is -1.23. The van der Waals surface area contributed by atoms with Gasteiger partial charge in [-0.2, -0.15) is 0 Å². The molecular weight excluding hydrogens is 350 g/mol. The van der Waals surface area contributed by atoms with Crippen molar-refractivity contribution >= 4 is 29.1 Å². The van der Waals surface area contributed by atoms with Crippen molar-refractivity contribution in [3.63, 3.8) is 0 Å². The van der Waals surface area contributed by atoms with Gasteiger partial charge in [0.15, 0.2) is 5.15 Å². The summed E-state index contributed by atoms with van der Waals surface area (Å²) in [6.45, 7) is 3.59. The summed E-state index contributed by atoms with van der Waals surface area (Å²) in [4.78, 5) is 21.2. The second-order valence-electron chi connectivity index (χ2n) is 5.03. The maximum absolute atomic E-state index is 11.0. The fourth-order valence-corrected chi connectivity index (χ4v) is 2.47. The second-order valence-corrected chi connectivity index (χ2v) is 5.39. The number of anilines is 1. The third-order valence-corrected chi connectivity index (χ3v) is 3.67. The molecular formula is C15H14ClN5O4. The Labute approximate surface area is 147 Å². The molecule has 0 saturated carbocycles. The van der Waals surface area contributed by atoms with E-state index in [1.807, 2.05) is 0 Å². The van der Waals surface area contributed by atoms with E-state index in [1.165, 1.54) is 30.3 Å². The Morgan fingerprint density at radius 1 is 1.48 bits per heavy atom. The number of benzene rings is 1. The first-order valence-electron chi connectivity index (χ1n) is 7.01. The normalized spacial score (nSPS) is 11.6. The molecule has 0 aliphatic heterocycles. The average molecular weight is 364 g/mol. The summed E-state index contributed by atoms with van der Waals surface area (Å²) in [6, 6.07) is 4.82. The lowest BCUT2D eigenvalue weighted by molar-refractivity contribution is -0.384. The van der Waals surface area contributed by atoms with Crippen molar-refractivity contribution in [2.24, 2.45) is 0 Å². The number of aromatic nitrogens is 2. The molecule has 0 aliphatic rings. The number of hydrogen-bond acceptors (Lipinski definition) is 6. The van der Waals surface area contributed by atoms with Crippen LogP contribution in [0.3, 0.4) is 0 Å². The molecule has 2 rings (SSSR count). The van der Waals surface area contributed by atoms with E-state index in [9.17, 15) is 14.9 Å². The maximum Gasteiger partial charge on any atom is 0.405 e. The van der Waals surface area contributed by atoms with Crippen molar-refractivity contribution < 1.29 is 14.8 Å². The van der Waals surface area contributed by atoms with Crippen LogP contribution < -0.4 is 11.1 Å². The summed E-state index contributed by atoms with van der Waals surface area (Å²) in [5.41, 5.74) is 6.98. The van der Waals surface area contributed by atoms with Crippen LogP contribution in [0.4, 0.5) is 16.2 Å². The molecule has 1 aromatic heterocycles. The van der Waals surface area contributed by atoms with Crippen LogP contribution in [0, 0.1) is 10.1 Å². The van der Waals surface area contributed by atoms with E-state index >= 15 is 0 Å². The number of non-ortho nitro benzene ring substituents is 1. The first-order chi connectivity index (χ1) is 11.8. The number of carbonyl (C=O) groups is 1. The van der Waals surface area contributed by atoms with Crippen molar-refractivity contribution in [2.75, 3.05) is 5.73 Å². The van der Waals surface area contributed by atoms with E-state index in [0.29, 0.717) is 16.8 Å². The number of rotatable bonds is 6. The van der Waals surface area contributed by atoms with Gasteiger partial charge in [-0.1, -0.05) is 17.7 Å². The molecule has 1 unspecified atom stereocenters. The predicted octanol–water partition coefficient (Wildman–Crippen LogP) is 3.17. The van der Waals surface area contributed by atoms with Gasteiger partial charge in [0.1, 0.15) is 0 Å². The molecule has 9 nitrogen and oxygen atoms in total. The van der Waals surface area contributed by atoms with Gasteiger partial charge in [0.25, 0.3) is 5.69 Å². The first-order valence-corrected chi connectivity index (χ1v) is 7.39. The molecule has 10 heteroatoms. The van der Waals surface area contributed by atoms with Crippen molar-refractivity contribution in [2.45, 2.75) is 12.5 Å². The Bertz CT molecular complexity index is 843. The minimum Gasteiger partial charge on any atom is -0.465 e. The molecule has 0 fully saturated rings. The third kappa shape index (κ3) is 4.21. The number of amides is 1. The number of nitrogens with zero attached hydrogens (tertiary/aromatic N) is 3. The molecule has 1 heterocycles. The maximum atomic E-state index is 11.0. The zero-order chi connectivity index (χ0) is 18.6. The van der Waals surface area contributed by atoms with E-state index in [1.54, 1.807) is 0 Å². The van der Waals surface area contributed by atoms with Gasteiger partial charge in [-0.3, -0.25) is 10.1 Å². The highest BCUT2D eigenvalue weighted by atomic mass is 35.5. The summed E-state index contributed by atoms with van der Waals surface area (Å²) >= 11 is 6.04. The van der Waals surface area contributed by atoms with Crippen molar-refractivity contribution in [3.05, 3.63) is 57.8 Å². The molecule has 1 amide bonds. The predicted molar refractivity (Wildman–Crippen MR) is 92.3 cm³/mol. The number of nitrogens with two attached hydrogens (primary N) is 1. The highest BCUT2D eigenvalue weighted by molar-refractivity contribution is 6.30. The molecule has 1 atom stereocenters. The molecule has 2 aromatic rings. The summed E-state index contributed by atoms with van der Waals surface area (Å²) in [5.74, 6) is 0. The minimum absolute atomic E-state index is 0.0323. The third-order valence-electron chi connectivity index (χ3n) is 3.37. The smallest absolute Gasteiger partial charge is 0.405 e. The zero-order valence-electron chi connectivity index (χ0n) is 12.8. The number of hydrogen-bond donors (Lipinski definition) is 3. The number of halogens is 1. The molecule has 130 valence electrons. The van der Waals surface area contributed by atoms with E-state index < -0.39 is 17.1 Å². The van der Waals surface area contributed by atoms with Crippen LogP contribution in [0.2, 0.25) is 5.15 Å². The van der Waals surface area contributed by atoms with E-state index in [2.05, 4.69) is 22.1 Å². The van der Waals surface area contributed by atoms with Crippen molar-refractivity contribution in [1.82, 2.24) is 15.5 Å². The van der Waals surface area contributed by atoms with Gasteiger partial charge in [-0.05, 0) is 18.6 Å². The van der Waals surface area contributed by atoms with Crippen LogP contribution in [-0.4, -0.2) is 26.3 Å². The number of nitrogens with one attached hydrogen (secondary N) is 1. The lowest BCUT2D eigenvalue weighted by Crippen LogP contribution is -2.27. The van der Waals surface area contributed by atoms with Gasteiger partial charge in [-0.15, -0.1) is 16.8 Å². The Kier molecular flexibility index (Phi) is 5.50. The fourth-order valence-electron chi connectivity index (χ4n) is 2.24. The highest BCUT2D eigenvalue weighted by Gasteiger charge is 2.20. The lowest BCUT2D eigenvalue weighted by atomic mass is 10.0. The van der Waals surface area contributed by atoms with E-state index in [4.69, 9.17) is 22.4 Å². The number of carboxylic acid groups (broad SMARTS) is 1. The Hall–Kier alpha value is -3.20. The molecule has 0 spiro atoms. The summed E-state index contributed by atoms with van der Waals surface area (Å²) < 4.78 is 0. The molecule has 0 aliphatic carbocycles. The summed E-state index contributed by atoms with van der Waals surface area (Å²) in [7, 11) is 0. The SMILES string of the molecule is C=CCC(NC(=O)O)c1cc(-c2ccc([N+](=O)[O-])cc2N)nnc1Cl. The first kappa shape index (κ1) is 18.1. The highest BCUT2D eigenvalue weighted by Crippen LogP contribution is 2.31. The van der Waals surface area contributed by atoms with Gasteiger partial charge >= 0.3 is 6.09 Å². The van der Waals surface area contributed by atoms with Crippen LogP contribution in [0.1, 0.15) is 18.0 Å². The average Bonchev–Trinajstić information content (AvgIpc) is 2.54. The Balaban J connectivity index is 2.49. The Morgan fingerprint density at radius 3 is 2.76 bits per heavy atom. The lowest BCUT2D eigenvalue weighted by Gasteiger charge is -2.17. The van der Waals surface area contributed by atoms with Crippen LogP contribution in [0.5, 0.6) is 0 Å². The van der Waals surface area contributed by atoms with Gasteiger partial charge in [0, 0.05) is 28.9 Å². The largest absolute Gasteiger partial charge is 0.465 e. The monoisotopic (exact) mass is 363 g/mol. The van der Waals surface area contributed by atoms with Gasteiger partial charge in [0.05, 0.1) is 16.7 Å². The number of nitro groups is 1. The molecule has 4 N–H and O–H groups in total. The molecule has 0 saturated heterocycles. The second kappa shape index (κ2) is 7.58. The van der Waals surface area contributed by atoms with Gasteiger partial charge < -0.3 is 16.2 Å². The van der Waals surface area contributed by atoms with Crippen LogP contribution in [0.25, 0.3) is 11.3 Å². The number of nitro benzene ring substituents is 1. The standard InChI is InChI=1S/C15H14ClN5O4/c1-2-3-12(18-15(22)23)10-7-13(19-20-14(10)16)9-5-4-8(21(24)25)6-11(9)17/h2,4-7,12,18H,1,3,17H2,(H,22,23). The van der Waals surface area contributed by atoms with Crippen LogP contribution >= 0.6 is 11.6 Å². The molecule has 0 radical (unpaired) electrons. The van der Waals surface area contributed by atoms with E-state index in [0.717, 1.165) is 0 Å². The van der Waals surface area contributed by atoms with Crippen molar-refractivity contribution in [3.8, 4) is 11.3 Å². The Morgan fingerprint density at radius 2 is 2.20 bits per heavy atom. The molecule has 0 bridgehead atoms. The van der Waals surface area contributed by atoms with Crippen LogP contribution in [0.15, 0.2) is 36.9 Å². The van der Waals surface area contributed by atoms with Crippen molar-refractivity contribution in [1.29, 1.82) is 0 Å². The summed E-state index contributed by atoms with van der Waals surface area (Å²) in [5, 5.41) is 29.9. The molecule has 25 heavy (non-hydrogen) atoms. The topological polar surface area (TPSA) is 144 Å². The number of nitrogen functional groups attached to an aromatic ring is 1. The fraction of sp³-hybridized carbons (Fsp3) is 0.133. The van der Waals surface area contributed by atoms with Gasteiger partial charge in [-0.25, -0.2) is 4.79 Å². The van der Waals surface area contributed by atoms with Crippen LogP contribution in [-0.2, 0) is 0 Å². The van der Waals surface area contributed by atoms with E-state index in [-0.39, 0.29) is 22.9 Å². The quantitative estimate of drug-likeness (QED) is 0.309. The molecule has 1 aromatic carbocycles. The summed E-state index contributed by atoms with van der Waals surface area (Å²) in [6.07, 6.45) is 0.598.